The van der Waals surface area contributed by atoms with E-state index in [1.165, 1.54) is 0 Å². The lowest BCUT2D eigenvalue weighted by atomic mass is 10.1. The molecule has 0 saturated carbocycles. The molecule has 0 aliphatic carbocycles. The zero-order valence-electron chi connectivity index (χ0n) is 7.94. The second kappa shape index (κ2) is 4.59. The number of carbonyl (C=O) groups excluding carboxylic acids is 1. The Morgan fingerprint density at radius 2 is 1.62 bits per heavy atom. The van der Waals surface area contributed by atoms with Gasteiger partial charge >= 0.3 is 6.18 Å². The van der Waals surface area contributed by atoms with Crippen LogP contribution in [-0.4, -0.2) is 6.29 Å². The Hall–Kier alpha value is -1.46. The number of carbonyl (C=O) groups is 1. The zero-order chi connectivity index (χ0) is 12.3. The molecule has 0 spiro atoms. The van der Waals surface area contributed by atoms with Crippen LogP contribution < -0.4 is 0 Å². The summed E-state index contributed by atoms with van der Waals surface area (Å²) in [5, 5.41) is 0. The Labute approximate surface area is 87.9 Å². The van der Waals surface area contributed by atoms with Crippen LogP contribution in [0.3, 0.4) is 0 Å². The van der Waals surface area contributed by atoms with E-state index in [1.54, 1.807) is 0 Å². The standard InChI is InChI=1S/C10H7F5O/c11-7-4-6(2-1-3-16)5-8(12)9(7)10(13,14)15/h3-5H,1-2H2. The minimum atomic E-state index is -5.06. The van der Waals surface area contributed by atoms with Gasteiger partial charge in [0.25, 0.3) is 0 Å². The summed E-state index contributed by atoms with van der Waals surface area (Å²) in [6, 6.07) is 1.19. The average Bonchev–Trinajstić information content (AvgIpc) is 2.11. The highest BCUT2D eigenvalue weighted by molar-refractivity contribution is 5.50. The largest absolute Gasteiger partial charge is 0.422 e. The topological polar surface area (TPSA) is 17.1 Å². The van der Waals surface area contributed by atoms with Crippen LogP contribution in [0.25, 0.3) is 0 Å². The van der Waals surface area contributed by atoms with Crippen LogP contribution in [0.1, 0.15) is 17.5 Å². The van der Waals surface area contributed by atoms with Crippen molar-refractivity contribution in [1.29, 1.82) is 0 Å². The fraction of sp³-hybridized carbons (Fsp3) is 0.300. The lowest BCUT2D eigenvalue weighted by molar-refractivity contribution is -0.142. The highest BCUT2D eigenvalue weighted by Crippen LogP contribution is 2.34. The summed E-state index contributed by atoms with van der Waals surface area (Å²) in [5.41, 5.74) is -1.88. The summed E-state index contributed by atoms with van der Waals surface area (Å²) >= 11 is 0. The number of benzene rings is 1. The first-order chi connectivity index (χ1) is 7.36. The molecule has 1 rings (SSSR count). The molecule has 0 radical (unpaired) electrons. The molecule has 0 heterocycles. The minimum absolute atomic E-state index is 0.00421. The van der Waals surface area contributed by atoms with Gasteiger partial charge in [0, 0.05) is 6.42 Å². The van der Waals surface area contributed by atoms with Crippen molar-refractivity contribution < 1.29 is 26.7 Å². The van der Waals surface area contributed by atoms with Crippen LogP contribution in [-0.2, 0) is 17.4 Å². The smallest absolute Gasteiger partial charge is 0.303 e. The number of aryl methyl sites for hydroxylation is 1. The number of halogens is 5. The average molecular weight is 238 g/mol. The quantitative estimate of drug-likeness (QED) is 0.584. The summed E-state index contributed by atoms with van der Waals surface area (Å²) in [6.45, 7) is 0. The zero-order valence-corrected chi connectivity index (χ0v) is 7.94. The molecule has 0 aliphatic rings. The van der Waals surface area contributed by atoms with Gasteiger partial charge in [-0.25, -0.2) is 8.78 Å². The molecule has 0 bridgehead atoms. The Balaban J connectivity index is 3.12. The van der Waals surface area contributed by atoms with Crippen molar-refractivity contribution in [3.63, 3.8) is 0 Å². The third kappa shape index (κ3) is 2.77. The van der Waals surface area contributed by atoms with Gasteiger partial charge in [-0.3, -0.25) is 0 Å². The van der Waals surface area contributed by atoms with Crippen molar-refractivity contribution in [2.45, 2.75) is 19.0 Å². The normalized spacial score (nSPS) is 11.6. The number of hydrogen-bond acceptors (Lipinski definition) is 1. The van der Waals surface area contributed by atoms with Crippen LogP contribution in [0.15, 0.2) is 12.1 Å². The van der Waals surface area contributed by atoms with E-state index in [0.717, 1.165) is 0 Å². The Kier molecular flexibility index (Phi) is 3.62. The van der Waals surface area contributed by atoms with Gasteiger partial charge < -0.3 is 4.79 Å². The molecular weight excluding hydrogens is 231 g/mol. The van der Waals surface area contributed by atoms with Gasteiger partial charge in [0.15, 0.2) is 0 Å². The van der Waals surface area contributed by atoms with E-state index in [4.69, 9.17) is 0 Å². The van der Waals surface area contributed by atoms with Crippen molar-refractivity contribution in [3.05, 3.63) is 34.9 Å². The van der Waals surface area contributed by atoms with Gasteiger partial charge in [0.2, 0.25) is 0 Å². The lowest BCUT2D eigenvalue weighted by Gasteiger charge is -2.10. The summed E-state index contributed by atoms with van der Waals surface area (Å²) in [5.74, 6) is -3.32. The third-order valence-corrected chi connectivity index (χ3v) is 1.94. The molecule has 0 aromatic heterocycles. The monoisotopic (exact) mass is 238 g/mol. The van der Waals surface area contributed by atoms with Gasteiger partial charge in [-0.2, -0.15) is 13.2 Å². The van der Waals surface area contributed by atoms with E-state index in [9.17, 15) is 26.7 Å². The number of alkyl halides is 3. The first-order valence-corrected chi connectivity index (χ1v) is 4.35. The maximum atomic E-state index is 13.0. The molecule has 1 nitrogen and oxygen atoms in total. The lowest BCUT2D eigenvalue weighted by Crippen LogP contribution is -2.12. The van der Waals surface area contributed by atoms with Crippen molar-refractivity contribution in [3.8, 4) is 0 Å². The Morgan fingerprint density at radius 1 is 1.12 bits per heavy atom. The first kappa shape index (κ1) is 12.6. The highest BCUT2D eigenvalue weighted by atomic mass is 19.4. The van der Waals surface area contributed by atoms with Gasteiger partial charge in [-0.1, -0.05) is 0 Å². The molecule has 0 aliphatic heterocycles. The molecule has 0 saturated heterocycles. The number of rotatable bonds is 3. The third-order valence-electron chi connectivity index (χ3n) is 1.94. The fourth-order valence-corrected chi connectivity index (χ4v) is 1.27. The van der Waals surface area contributed by atoms with Crippen molar-refractivity contribution >= 4 is 6.29 Å². The van der Waals surface area contributed by atoms with Crippen molar-refractivity contribution in [2.75, 3.05) is 0 Å². The minimum Gasteiger partial charge on any atom is -0.303 e. The van der Waals surface area contributed by atoms with Crippen LogP contribution in [0.5, 0.6) is 0 Å². The second-order valence-corrected chi connectivity index (χ2v) is 3.14. The molecule has 1 aromatic carbocycles. The number of hydrogen-bond donors (Lipinski definition) is 0. The molecule has 0 fully saturated rings. The van der Waals surface area contributed by atoms with E-state index in [1.807, 2.05) is 0 Å². The predicted molar refractivity (Wildman–Crippen MR) is 45.7 cm³/mol. The molecule has 0 unspecified atom stereocenters. The molecule has 0 amide bonds. The summed E-state index contributed by atoms with van der Waals surface area (Å²) in [7, 11) is 0. The molecule has 0 N–H and O–H groups in total. The molecule has 88 valence electrons. The molecular formula is C10H7F5O. The molecule has 6 heteroatoms. The van der Waals surface area contributed by atoms with E-state index < -0.39 is 23.4 Å². The van der Waals surface area contributed by atoms with Gasteiger partial charge in [0.1, 0.15) is 23.5 Å². The van der Waals surface area contributed by atoms with E-state index in [0.29, 0.717) is 18.4 Å². The molecule has 1 aromatic rings. The SMILES string of the molecule is O=CCCc1cc(F)c(C(F)(F)F)c(F)c1. The van der Waals surface area contributed by atoms with Gasteiger partial charge in [0.05, 0.1) is 0 Å². The Bertz CT molecular complexity index is 374. The summed E-state index contributed by atoms with van der Waals surface area (Å²) in [6.07, 6.45) is -4.52. The summed E-state index contributed by atoms with van der Waals surface area (Å²) in [4.78, 5) is 10.0. The van der Waals surface area contributed by atoms with Crippen molar-refractivity contribution in [1.82, 2.24) is 0 Å². The first-order valence-electron chi connectivity index (χ1n) is 4.35. The van der Waals surface area contributed by atoms with E-state index >= 15 is 0 Å². The molecule has 0 atom stereocenters. The summed E-state index contributed by atoms with van der Waals surface area (Å²) < 4.78 is 62.4. The number of aldehydes is 1. The predicted octanol–water partition coefficient (Wildman–Crippen LogP) is 3.12. The second-order valence-electron chi connectivity index (χ2n) is 3.14. The maximum absolute atomic E-state index is 13.0. The maximum Gasteiger partial charge on any atom is 0.422 e. The molecule has 16 heavy (non-hydrogen) atoms. The van der Waals surface area contributed by atoms with Crippen LogP contribution in [0, 0.1) is 11.6 Å². The van der Waals surface area contributed by atoms with Crippen LogP contribution in [0.2, 0.25) is 0 Å². The fourth-order valence-electron chi connectivity index (χ4n) is 1.27. The Morgan fingerprint density at radius 3 is 2.00 bits per heavy atom. The van der Waals surface area contributed by atoms with Crippen LogP contribution >= 0.6 is 0 Å². The van der Waals surface area contributed by atoms with Gasteiger partial charge in [-0.15, -0.1) is 0 Å². The van der Waals surface area contributed by atoms with E-state index in [2.05, 4.69) is 0 Å². The van der Waals surface area contributed by atoms with Crippen LogP contribution in [0.4, 0.5) is 22.0 Å². The highest BCUT2D eigenvalue weighted by Gasteiger charge is 2.37. The van der Waals surface area contributed by atoms with Crippen molar-refractivity contribution in [2.24, 2.45) is 0 Å². The van der Waals surface area contributed by atoms with E-state index in [-0.39, 0.29) is 18.4 Å². The van der Waals surface area contributed by atoms with Gasteiger partial charge in [-0.05, 0) is 24.1 Å².